The number of anilines is 2. The average Bonchev–Trinajstić information content (AvgIpc) is 3.46. The molecule has 0 unspecified atom stereocenters. The smallest absolute Gasteiger partial charge is 0.266 e. The van der Waals surface area contributed by atoms with Crippen LogP contribution in [0.5, 0.6) is 0 Å². The molecule has 1 aliphatic heterocycles. The summed E-state index contributed by atoms with van der Waals surface area (Å²) in [5.41, 5.74) is 2.49. The van der Waals surface area contributed by atoms with Crippen LogP contribution in [0.15, 0.2) is 35.2 Å². The van der Waals surface area contributed by atoms with Gasteiger partial charge in [-0.05, 0) is 43.2 Å². The first-order valence-corrected chi connectivity index (χ1v) is 9.92. The van der Waals surface area contributed by atoms with Crippen molar-refractivity contribution < 1.29 is 9.53 Å². The molecule has 1 aromatic carbocycles. The van der Waals surface area contributed by atoms with Crippen molar-refractivity contribution in [1.29, 1.82) is 5.26 Å². The number of morpholine rings is 1. The van der Waals surface area contributed by atoms with Gasteiger partial charge in [0.2, 0.25) is 0 Å². The van der Waals surface area contributed by atoms with Gasteiger partial charge < -0.3 is 15.0 Å². The number of hydrogen-bond donors (Lipinski definition) is 1. The number of hydrogen-bond acceptors (Lipinski definition) is 6. The Morgan fingerprint density at radius 1 is 1.30 bits per heavy atom. The molecule has 4 rings (SSSR count). The van der Waals surface area contributed by atoms with E-state index in [0.717, 1.165) is 37.0 Å². The molecule has 1 saturated heterocycles. The maximum atomic E-state index is 12.4. The van der Waals surface area contributed by atoms with E-state index in [4.69, 9.17) is 4.74 Å². The van der Waals surface area contributed by atoms with Gasteiger partial charge >= 0.3 is 0 Å². The monoisotopic (exact) mass is 380 g/mol. The molecule has 2 fully saturated rings. The normalized spacial score (nSPS) is 17.4. The van der Waals surface area contributed by atoms with Crippen LogP contribution >= 0.6 is 11.3 Å². The second-order valence-electron chi connectivity index (χ2n) is 6.66. The summed E-state index contributed by atoms with van der Waals surface area (Å²) in [6.07, 6.45) is 3.92. The first-order chi connectivity index (χ1) is 13.2. The summed E-state index contributed by atoms with van der Waals surface area (Å²) in [6, 6.07) is 9.63. The van der Waals surface area contributed by atoms with E-state index >= 15 is 0 Å². The molecule has 2 aromatic rings. The summed E-state index contributed by atoms with van der Waals surface area (Å²) in [7, 11) is 0. The number of carbonyl (C=O) groups is 1. The number of nitrogens with zero attached hydrogens (tertiary/aromatic N) is 3. The molecule has 0 bridgehead atoms. The molecule has 138 valence electrons. The summed E-state index contributed by atoms with van der Waals surface area (Å²) >= 11 is 1.59. The Morgan fingerprint density at radius 3 is 2.70 bits per heavy atom. The second-order valence-corrected chi connectivity index (χ2v) is 7.54. The van der Waals surface area contributed by atoms with E-state index in [-0.39, 0.29) is 5.57 Å². The van der Waals surface area contributed by atoms with Gasteiger partial charge in [-0.2, -0.15) is 5.26 Å². The number of carbonyl (C=O) groups excluding carboxylic acids is 1. The minimum Gasteiger partial charge on any atom is -0.378 e. The Balaban J connectivity index is 1.41. The van der Waals surface area contributed by atoms with Crippen molar-refractivity contribution in [2.45, 2.75) is 18.8 Å². The molecule has 1 N–H and O–H groups in total. The molecule has 2 aliphatic rings. The topological polar surface area (TPSA) is 78.2 Å². The van der Waals surface area contributed by atoms with Crippen molar-refractivity contribution in [1.82, 2.24) is 4.98 Å². The minimum atomic E-state index is -0.419. The van der Waals surface area contributed by atoms with E-state index in [1.807, 2.05) is 35.7 Å². The fraction of sp³-hybridized carbons (Fsp3) is 0.350. The van der Waals surface area contributed by atoms with Crippen LogP contribution < -0.4 is 10.2 Å². The van der Waals surface area contributed by atoms with Gasteiger partial charge in [0.15, 0.2) is 0 Å². The predicted octanol–water partition coefficient (Wildman–Crippen LogP) is 3.40. The van der Waals surface area contributed by atoms with Gasteiger partial charge in [0.05, 0.1) is 23.9 Å². The minimum absolute atomic E-state index is 0.0555. The van der Waals surface area contributed by atoms with Gasteiger partial charge in [0, 0.05) is 35.8 Å². The van der Waals surface area contributed by atoms with Crippen molar-refractivity contribution in [3.8, 4) is 6.07 Å². The Kier molecular flexibility index (Phi) is 5.19. The number of thiazole rings is 1. The SMILES string of the molecule is N#CC(=Cc1csc(C2CC2)n1)C(=O)Nc1ccc(N2CCOCC2)cc1. The molecule has 1 aromatic heterocycles. The molecule has 1 amide bonds. The molecular weight excluding hydrogens is 360 g/mol. The molecule has 27 heavy (non-hydrogen) atoms. The number of amides is 1. The molecule has 0 spiro atoms. The first kappa shape index (κ1) is 17.7. The highest BCUT2D eigenvalue weighted by molar-refractivity contribution is 7.09. The lowest BCUT2D eigenvalue weighted by atomic mass is 10.2. The van der Waals surface area contributed by atoms with E-state index in [1.165, 1.54) is 12.8 Å². The molecule has 2 heterocycles. The van der Waals surface area contributed by atoms with Crippen LogP contribution in [0, 0.1) is 11.3 Å². The van der Waals surface area contributed by atoms with E-state index < -0.39 is 5.91 Å². The number of ether oxygens (including phenoxy) is 1. The van der Waals surface area contributed by atoms with Crippen LogP contribution in [0.3, 0.4) is 0 Å². The molecule has 7 heteroatoms. The lowest BCUT2D eigenvalue weighted by Crippen LogP contribution is -2.36. The third-order valence-corrected chi connectivity index (χ3v) is 5.65. The number of rotatable bonds is 5. The second kappa shape index (κ2) is 7.91. The quantitative estimate of drug-likeness (QED) is 0.635. The standard InChI is InChI=1S/C20H20N4O2S/c21-12-15(11-17-13-27-20(23-17)14-1-2-14)19(25)22-16-3-5-18(6-4-16)24-7-9-26-10-8-24/h3-6,11,13-14H,1-2,7-10H2,(H,22,25). The molecule has 1 aliphatic carbocycles. The van der Waals surface area contributed by atoms with Crippen LogP contribution in [0.4, 0.5) is 11.4 Å². The zero-order chi connectivity index (χ0) is 18.6. The number of benzene rings is 1. The Labute approximate surface area is 162 Å². The molecule has 6 nitrogen and oxygen atoms in total. The summed E-state index contributed by atoms with van der Waals surface area (Å²) < 4.78 is 5.36. The molecular formula is C20H20N4O2S. The zero-order valence-corrected chi connectivity index (χ0v) is 15.7. The first-order valence-electron chi connectivity index (χ1n) is 9.04. The number of nitrogens with one attached hydrogen (secondary N) is 1. The number of aromatic nitrogens is 1. The highest BCUT2D eigenvalue weighted by Gasteiger charge is 2.26. The summed E-state index contributed by atoms with van der Waals surface area (Å²) in [4.78, 5) is 19.2. The van der Waals surface area contributed by atoms with Gasteiger partial charge in [-0.15, -0.1) is 11.3 Å². The fourth-order valence-electron chi connectivity index (χ4n) is 2.96. The van der Waals surface area contributed by atoms with E-state index in [0.29, 0.717) is 17.3 Å². The highest BCUT2D eigenvalue weighted by Crippen LogP contribution is 2.41. The summed E-state index contributed by atoms with van der Waals surface area (Å²) in [5, 5.41) is 15.1. The molecule has 1 saturated carbocycles. The van der Waals surface area contributed by atoms with Gasteiger partial charge in [0.25, 0.3) is 5.91 Å². The maximum absolute atomic E-state index is 12.4. The third-order valence-electron chi connectivity index (χ3n) is 4.63. The maximum Gasteiger partial charge on any atom is 0.266 e. The lowest BCUT2D eigenvalue weighted by Gasteiger charge is -2.28. The van der Waals surface area contributed by atoms with Crippen molar-refractivity contribution in [2.75, 3.05) is 36.5 Å². The number of nitriles is 1. The predicted molar refractivity (Wildman–Crippen MR) is 106 cm³/mol. The summed E-state index contributed by atoms with van der Waals surface area (Å²) in [5.74, 6) is 0.152. The third kappa shape index (κ3) is 4.35. The zero-order valence-electron chi connectivity index (χ0n) is 14.9. The van der Waals surface area contributed by atoms with E-state index in [1.54, 1.807) is 17.4 Å². The van der Waals surface area contributed by atoms with Crippen molar-refractivity contribution in [2.24, 2.45) is 0 Å². The Morgan fingerprint density at radius 2 is 2.04 bits per heavy atom. The van der Waals surface area contributed by atoms with Crippen LogP contribution in [0.1, 0.15) is 29.5 Å². The largest absolute Gasteiger partial charge is 0.378 e. The van der Waals surface area contributed by atoms with Crippen molar-refractivity contribution in [3.05, 3.63) is 45.9 Å². The molecule has 0 atom stereocenters. The fourth-order valence-corrected chi connectivity index (χ4v) is 3.91. The van der Waals surface area contributed by atoms with Crippen molar-refractivity contribution >= 4 is 34.7 Å². The van der Waals surface area contributed by atoms with Crippen LogP contribution in [0.2, 0.25) is 0 Å². The summed E-state index contributed by atoms with van der Waals surface area (Å²) in [6.45, 7) is 3.19. The van der Waals surface area contributed by atoms with E-state index in [2.05, 4.69) is 15.2 Å². The van der Waals surface area contributed by atoms with Crippen LogP contribution in [-0.2, 0) is 9.53 Å². The lowest BCUT2D eigenvalue weighted by molar-refractivity contribution is -0.112. The Hall–Kier alpha value is -2.69. The van der Waals surface area contributed by atoms with Gasteiger partial charge in [-0.3, -0.25) is 4.79 Å². The molecule has 0 radical (unpaired) electrons. The van der Waals surface area contributed by atoms with Gasteiger partial charge in [-0.1, -0.05) is 0 Å². The van der Waals surface area contributed by atoms with Gasteiger partial charge in [0.1, 0.15) is 11.6 Å². The van der Waals surface area contributed by atoms with Crippen LogP contribution in [-0.4, -0.2) is 37.2 Å². The van der Waals surface area contributed by atoms with Crippen LogP contribution in [0.25, 0.3) is 6.08 Å². The highest BCUT2D eigenvalue weighted by atomic mass is 32.1. The van der Waals surface area contributed by atoms with E-state index in [9.17, 15) is 10.1 Å². The average molecular weight is 380 g/mol. The van der Waals surface area contributed by atoms with Gasteiger partial charge in [-0.25, -0.2) is 4.98 Å². The Bertz CT molecular complexity index is 887. The van der Waals surface area contributed by atoms with Crippen molar-refractivity contribution in [3.63, 3.8) is 0 Å².